The zero-order chi connectivity index (χ0) is 14.3. The lowest BCUT2D eigenvalue weighted by Gasteiger charge is -2.32. The molecule has 0 radical (unpaired) electrons. The van der Waals surface area contributed by atoms with Crippen molar-refractivity contribution in [2.45, 2.75) is 5.54 Å². The van der Waals surface area contributed by atoms with Crippen molar-refractivity contribution >= 4 is 5.91 Å². The van der Waals surface area contributed by atoms with Crippen LogP contribution >= 0.6 is 0 Å². The molecule has 1 aromatic carbocycles. The number of nitrogens with zero attached hydrogens (tertiary/aromatic N) is 1. The molecule has 19 heavy (non-hydrogen) atoms. The van der Waals surface area contributed by atoms with E-state index in [-0.39, 0.29) is 6.61 Å². The highest BCUT2D eigenvalue weighted by atomic mass is 16.5. The number of primary amides is 1. The van der Waals surface area contributed by atoms with Gasteiger partial charge in [-0.25, -0.2) is 0 Å². The molecule has 0 aliphatic heterocycles. The number of carbonyl (C=O) groups excluding carboxylic acids is 1. The summed E-state index contributed by atoms with van der Waals surface area (Å²) in [4.78, 5) is 14.0. The molecular weight excluding hydrogens is 242 g/mol. The topological polar surface area (TPSA) is 67.6 Å². The van der Waals surface area contributed by atoms with Gasteiger partial charge in [-0.2, -0.15) is 0 Å². The van der Waals surface area contributed by atoms with Crippen LogP contribution in [0.4, 0.5) is 0 Å². The maximum atomic E-state index is 12.0. The zero-order valence-corrected chi connectivity index (χ0v) is 11.8. The average Bonchev–Trinajstić information content (AvgIpc) is 2.38. The molecule has 5 heteroatoms. The Bertz CT molecular complexity index is 395. The number of likely N-dealkylation sites (N-methyl/N-ethyl adjacent to an activating group) is 1. The summed E-state index contributed by atoms with van der Waals surface area (Å²) in [5.74, 6) is -0.431. The number of carbonyl (C=O) groups is 1. The SMILES string of the molecule is COCC(NCCN(C)C)(C(N)=O)c1ccccc1. The Balaban J connectivity index is 2.97. The first kappa shape index (κ1) is 15.6. The van der Waals surface area contributed by atoms with Gasteiger partial charge in [0.1, 0.15) is 5.54 Å². The first-order chi connectivity index (χ1) is 9.03. The van der Waals surface area contributed by atoms with Gasteiger partial charge in [0.05, 0.1) is 6.61 Å². The molecular formula is C14H23N3O2. The van der Waals surface area contributed by atoms with Crippen molar-refractivity contribution in [3.8, 4) is 0 Å². The van der Waals surface area contributed by atoms with Gasteiger partial charge in [0, 0.05) is 20.2 Å². The first-order valence-corrected chi connectivity index (χ1v) is 6.27. The maximum Gasteiger partial charge on any atom is 0.244 e. The molecule has 106 valence electrons. The number of hydrogen-bond acceptors (Lipinski definition) is 4. The fourth-order valence-corrected chi connectivity index (χ4v) is 1.97. The van der Waals surface area contributed by atoms with Crippen LogP contribution in [-0.4, -0.2) is 51.7 Å². The number of methoxy groups -OCH3 is 1. The van der Waals surface area contributed by atoms with Gasteiger partial charge in [-0.15, -0.1) is 0 Å². The highest BCUT2D eigenvalue weighted by Crippen LogP contribution is 2.21. The van der Waals surface area contributed by atoms with E-state index in [9.17, 15) is 4.79 Å². The molecule has 0 aliphatic carbocycles. The molecule has 0 fully saturated rings. The Labute approximate surface area is 114 Å². The molecule has 0 saturated heterocycles. The van der Waals surface area contributed by atoms with Crippen LogP contribution in [0.2, 0.25) is 0 Å². The van der Waals surface area contributed by atoms with E-state index in [1.165, 1.54) is 0 Å². The van der Waals surface area contributed by atoms with Crippen LogP contribution in [-0.2, 0) is 15.1 Å². The summed E-state index contributed by atoms with van der Waals surface area (Å²) in [6.45, 7) is 1.67. The minimum Gasteiger partial charge on any atom is -0.382 e. The predicted octanol–water partition coefficient (Wildman–Crippen LogP) is 0.165. The summed E-state index contributed by atoms with van der Waals surface area (Å²) in [6, 6.07) is 9.44. The summed E-state index contributed by atoms with van der Waals surface area (Å²) in [7, 11) is 5.52. The molecule has 0 aromatic heterocycles. The van der Waals surface area contributed by atoms with E-state index in [1.54, 1.807) is 7.11 Å². The summed E-state index contributed by atoms with van der Waals surface area (Å²) < 4.78 is 5.20. The number of ether oxygens (including phenoxy) is 1. The van der Waals surface area contributed by atoms with Crippen LogP contribution in [0.1, 0.15) is 5.56 Å². The maximum absolute atomic E-state index is 12.0. The Morgan fingerprint density at radius 1 is 1.37 bits per heavy atom. The van der Waals surface area contributed by atoms with E-state index >= 15 is 0 Å². The van der Waals surface area contributed by atoms with E-state index in [1.807, 2.05) is 49.3 Å². The predicted molar refractivity (Wildman–Crippen MR) is 75.7 cm³/mol. The molecule has 3 N–H and O–H groups in total. The summed E-state index contributed by atoms with van der Waals surface area (Å²) in [6.07, 6.45) is 0. The monoisotopic (exact) mass is 265 g/mol. The van der Waals surface area contributed by atoms with Gasteiger partial charge >= 0.3 is 0 Å². The minimum atomic E-state index is -0.980. The molecule has 1 atom stereocenters. The van der Waals surface area contributed by atoms with Crippen LogP contribution in [0.3, 0.4) is 0 Å². The molecule has 1 rings (SSSR count). The van der Waals surface area contributed by atoms with Crippen LogP contribution < -0.4 is 11.1 Å². The molecule has 0 spiro atoms. The number of hydrogen-bond donors (Lipinski definition) is 2. The lowest BCUT2D eigenvalue weighted by molar-refractivity contribution is -0.127. The molecule has 0 saturated carbocycles. The molecule has 5 nitrogen and oxygen atoms in total. The van der Waals surface area contributed by atoms with Crippen molar-refractivity contribution in [2.24, 2.45) is 5.73 Å². The third-order valence-electron chi connectivity index (χ3n) is 3.03. The van der Waals surface area contributed by atoms with Crippen molar-refractivity contribution < 1.29 is 9.53 Å². The quantitative estimate of drug-likeness (QED) is 0.703. The van der Waals surface area contributed by atoms with Gasteiger partial charge in [0.25, 0.3) is 0 Å². The van der Waals surface area contributed by atoms with E-state index in [0.29, 0.717) is 6.54 Å². The van der Waals surface area contributed by atoms with Crippen molar-refractivity contribution in [2.75, 3.05) is 40.9 Å². The summed E-state index contributed by atoms with van der Waals surface area (Å²) in [5.41, 5.74) is 5.45. The number of benzene rings is 1. The van der Waals surface area contributed by atoms with Gasteiger partial charge in [0.2, 0.25) is 5.91 Å². The van der Waals surface area contributed by atoms with Gasteiger partial charge in [-0.05, 0) is 19.7 Å². The van der Waals surface area contributed by atoms with Gasteiger partial charge in [-0.1, -0.05) is 30.3 Å². The molecule has 1 unspecified atom stereocenters. The summed E-state index contributed by atoms with van der Waals surface area (Å²) >= 11 is 0. The smallest absolute Gasteiger partial charge is 0.244 e. The van der Waals surface area contributed by atoms with E-state index in [2.05, 4.69) is 5.32 Å². The lowest BCUT2D eigenvalue weighted by atomic mass is 9.89. The summed E-state index contributed by atoms with van der Waals surface area (Å²) in [5, 5.41) is 3.24. The molecule has 0 bridgehead atoms. The fourth-order valence-electron chi connectivity index (χ4n) is 1.97. The van der Waals surface area contributed by atoms with Crippen LogP contribution in [0.25, 0.3) is 0 Å². The second-order valence-electron chi connectivity index (χ2n) is 4.80. The lowest BCUT2D eigenvalue weighted by Crippen LogP contribution is -2.57. The zero-order valence-electron chi connectivity index (χ0n) is 11.8. The Hall–Kier alpha value is -1.43. The molecule has 1 aromatic rings. The van der Waals surface area contributed by atoms with E-state index in [0.717, 1.165) is 12.1 Å². The Morgan fingerprint density at radius 2 is 2.00 bits per heavy atom. The fraction of sp³-hybridized carbons (Fsp3) is 0.500. The van der Waals surface area contributed by atoms with Crippen molar-refractivity contribution in [3.05, 3.63) is 35.9 Å². The van der Waals surface area contributed by atoms with Crippen molar-refractivity contribution in [3.63, 3.8) is 0 Å². The van der Waals surface area contributed by atoms with Crippen molar-refractivity contribution in [1.82, 2.24) is 10.2 Å². The molecule has 0 heterocycles. The number of rotatable bonds is 8. The largest absolute Gasteiger partial charge is 0.382 e. The highest BCUT2D eigenvalue weighted by Gasteiger charge is 2.38. The second-order valence-corrected chi connectivity index (χ2v) is 4.80. The highest BCUT2D eigenvalue weighted by molar-refractivity contribution is 5.86. The van der Waals surface area contributed by atoms with Gasteiger partial charge in [0.15, 0.2) is 0 Å². The number of nitrogens with one attached hydrogen (secondary N) is 1. The van der Waals surface area contributed by atoms with E-state index in [4.69, 9.17) is 10.5 Å². The molecule has 1 amide bonds. The second kappa shape index (κ2) is 7.23. The van der Waals surface area contributed by atoms with E-state index < -0.39 is 11.4 Å². The van der Waals surface area contributed by atoms with Crippen molar-refractivity contribution in [1.29, 1.82) is 0 Å². The number of amides is 1. The Kier molecular flexibility index (Phi) is 5.95. The minimum absolute atomic E-state index is 0.208. The van der Waals surface area contributed by atoms with Gasteiger partial charge < -0.3 is 15.4 Å². The third kappa shape index (κ3) is 4.02. The van der Waals surface area contributed by atoms with Gasteiger partial charge in [-0.3, -0.25) is 10.1 Å². The van der Waals surface area contributed by atoms with Crippen LogP contribution in [0.15, 0.2) is 30.3 Å². The normalized spacial score (nSPS) is 14.3. The standard InChI is InChI=1S/C14H23N3O2/c1-17(2)10-9-16-14(11-19-3,13(15)18)12-7-5-4-6-8-12/h4-8,16H,9-11H2,1-3H3,(H2,15,18). The average molecular weight is 265 g/mol. The molecule has 0 aliphatic rings. The first-order valence-electron chi connectivity index (χ1n) is 6.27. The van der Waals surface area contributed by atoms with Crippen LogP contribution in [0.5, 0.6) is 0 Å². The van der Waals surface area contributed by atoms with Crippen LogP contribution in [0, 0.1) is 0 Å². The third-order valence-corrected chi connectivity index (χ3v) is 3.03. The Morgan fingerprint density at radius 3 is 2.47 bits per heavy atom. The number of nitrogens with two attached hydrogens (primary N) is 1.